The molecule has 0 radical (unpaired) electrons. The highest BCUT2D eigenvalue weighted by molar-refractivity contribution is 5.84. The third-order valence-electron chi connectivity index (χ3n) is 3.75. The number of carbonyl (C=O) groups excluding carboxylic acids is 1. The number of carbonyl (C=O) groups is 1. The van der Waals surface area contributed by atoms with Crippen LogP contribution in [0.5, 0.6) is 5.75 Å². The van der Waals surface area contributed by atoms with Gasteiger partial charge in [0.1, 0.15) is 12.3 Å². The highest BCUT2D eigenvalue weighted by Gasteiger charge is 2.05. The number of nitrogens with one attached hydrogen (secondary N) is 2. The average molecular weight is 379 g/mol. The predicted molar refractivity (Wildman–Crippen MR) is 109 cm³/mol. The highest BCUT2D eigenvalue weighted by Crippen LogP contribution is 2.13. The number of benzene rings is 1. The van der Waals surface area contributed by atoms with E-state index in [9.17, 15) is 4.79 Å². The van der Waals surface area contributed by atoms with E-state index in [0.717, 1.165) is 31.7 Å². The first-order valence-corrected chi connectivity index (χ1v) is 9.58. The number of likely N-dealkylation sites (N-methyl/N-ethyl adjacent to an activating group) is 1. The molecule has 0 spiro atoms. The Morgan fingerprint density at radius 3 is 2.63 bits per heavy atom. The fourth-order valence-electron chi connectivity index (χ4n) is 2.27. The zero-order chi connectivity index (χ0) is 19.9. The van der Waals surface area contributed by atoms with Gasteiger partial charge >= 0.3 is 0 Å². The van der Waals surface area contributed by atoms with Crippen molar-refractivity contribution in [2.24, 2.45) is 4.99 Å². The van der Waals surface area contributed by atoms with Crippen LogP contribution in [0.15, 0.2) is 29.3 Å². The molecule has 152 valence electrons. The first kappa shape index (κ1) is 22.8. The molecule has 1 amide bonds. The summed E-state index contributed by atoms with van der Waals surface area (Å²) in [4.78, 5) is 17.7. The lowest BCUT2D eigenvalue weighted by atomic mass is 10.1. The minimum atomic E-state index is -0.0326. The van der Waals surface area contributed by atoms with Gasteiger partial charge in [0.15, 0.2) is 5.96 Å². The Morgan fingerprint density at radius 1 is 1.15 bits per heavy atom. The van der Waals surface area contributed by atoms with E-state index < -0.39 is 0 Å². The van der Waals surface area contributed by atoms with E-state index in [1.54, 1.807) is 14.1 Å². The van der Waals surface area contributed by atoms with Gasteiger partial charge in [-0.3, -0.25) is 4.79 Å². The molecule has 7 nitrogen and oxygen atoms in total. The Balaban J connectivity index is 2.52. The minimum Gasteiger partial charge on any atom is -0.494 e. The van der Waals surface area contributed by atoms with Gasteiger partial charge in [0.25, 0.3) is 0 Å². The molecular formula is C20H34N4O3. The molecule has 0 aliphatic rings. The van der Waals surface area contributed by atoms with Gasteiger partial charge in [-0.05, 0) is 44.4 Å². The van der Waals surface area contributed by atoms with Gasteiger partial charge in [0.2, 0.25) is 5.91 Å². The molecule has 1 aromatic carbocycles. The summed E-state index contributed by atoms with van der Waals surface area (Å²) in [5.41, 5.74) is 1.19. The summed E-state index contributed by atoms with van der Waals surface area (Å²) >= 11 is 0. The minimum absolute atomic E-state index is 0.0326. The molecule has 0 bridgehead atoms. The third kappa shape index (κ3) is 10.5. The standard InChI is InChI=1S/C20H34N4O3/c1-5-26-14-8-12-21-20(23-16-19(25)24(3)4)22-13-11-17-9-7-10-18(15-17)27-6-2/h7,9-10,15H,5-6,8,11-14,16H2,1-4H3,(H2,21,22,23). The van der Waals surface area contributed by atoms with Crippen molar-refractivity contribution in [2.75, 3.05) is 53.6 Å². The van der Waals surface area contributed by atoms with E-state index in [4.69, 9.17) is 9.47 Å². The monoisotopic (exact) mass is 378 g/mol. The van der Waals surface area contributed by atoms with Crippen LogP contribution in [0.3, 0.4) is 0 Å². The number of hydrogen-bond acceptors (Lipinski definition) is 4. The molecule has 7 heteroatoms. The predicted octanol–water partition coefficient (Wildman–Crippen LogP) is 1.68. The number of hydrogen-bond donors (Lipinski definition) is 2. The van der Waals surface area contributed by atoms with Gasteiger partial charge in [0, 0.05) is 40.4 Å². The first-order valence-electron chi connectivity index (χ1n) is 9.58. The zero-order valence-electron chi connectivity index (χ0n) is 17.1. The lowest BCUT2D eigenvalue weighted by Crippen LogP contribution is -2.40. The molecule has 1 rings (SSSR count). The molecule has 0 saturated carbocycles. The topological polar surface area (TPSA) is 75.2 Å². The second-order valence-electron chi connectivity index (χ2n) is 6.19. The Bertz CT molecular complexity index is 576. The first-order chi connectivity index (χ1) is 13.1. The van der Waals surface area contributed by atoms with Crippen molar-refractivity contribution in [3.8, 4) is 5.75 Å². The Hall–Kier alpha value is -2.28. The summed E-state index contributed by atoms with van der Waals surface area (Å²) in [6.45, 7) is 7.61. The van der Waals surface area contributed by atoms with Crippen LogP contribution in [0.25, 0.3) is 0 Å². The number of aliphatic imine (C=N–C) groups is 1. The highest BCUT2D eigenvalue weighted by atomic mass is 16.5. The van der Waals surface area contributed by atoms with Gasteiger partial charge in [-0.2, -0.15) is 0 Å². The number of nitrogens with zero attached hydrogens (tertiary/aromatic N) is 2. The van der Waals surface area contributed by atoms with Crippen molar-refractivity contribution in [3.63, 3.8) is 0 Å². The van der Waals surface area contributed by atoms with E-state index >= 15 is 0 Å². The van der Waals surface area contributed by atoms with Crippen molar-refractivity contribution >= 4 is 11.9 Å². The molecule has 0 fully saturated rings. The van der Waals surface area contributed by atoms with Gasteiger partial charge < -0.3 is 25.0 Å². The summed E-state index contributed by atoms with van der Waals surface area (Å²) < 4.78 is 10.9. The Kier molecular flexibility index (Phi) is 11.7. The quantitative estimate of drug-likeness (QED) is 0.329. The Morgan fingerprint density at radius 2 is 1.93 bits per heavy atom. The molecule has 27 heavy (non-hydrogen) atoms. The van der Waals surface area contributed by atoms with Gasteiger partial charge in [-0.25, -0.2) is 4.99 Å². The molecular weight excluding hydrogens is 344 g/mol. The summed E-state index contributed by atoms with van der Waals surface area (Å²) in [6.07, 6.45) is 1.72. The van der Waals surface area contributed by atoms with Crippen molar-refractivity contribution in [3.05, 3.63) is 29.8 Å². The maximum Gasteiger partial charge on any atom is 0.243 e. The number of amides is 1. The van der Waals surface area contributed by atoms with Crippen LogP contribution in [0, 0.1) is 0 Å². The van der Waals surface area contributed by atoms with Crippen LogP contribution in [-0.2, 0) is 16.0 Å². The maximum atomic E-state index is 11.8. The summed E-state index contributed by atoms with van der Waals surface area (Å²) in [5.74, 6) is 1.49. The van der Waals surface area contributed by atoms with Crippen LogP contribution in [-0.4, -0.2) is 70.3 Å². The molecule has 0 atom stereocenters. The normalized spacial score (nSPS) is 11.2. The van der Waals surface area contributed by atoms with Crippen LogP contribution in [0.4, 0.5) is 0 Å². The van der Waals surface area contributed by atoms with Gasteiger partial charge in [-0.1, -0.05) is 12.1 Å². The number of rotatable bonds is 12. The van der Waals surface area contributed by atoms with E-state index in [1.165, 1.54) is 10.5 Å². The second-order valence-corrected chi connectivity index (χ2v) is 6.19. The van der Waals surface area contributed by atoms with E-state index in [0.29, 0.717) is 25.7 Å². The lowest BCUT2D eigenvalue weighted by molar-refractivity contribution is -0.127. The van der Waals surface area contributed by atoms with E-state index in [1.807, 2.05) is 32.0 Å². The van der Waals surface area contributed by atoms with E-state index in [-0.39, 0.29) is 12.5 Å². The number of ether oxygens (including phenoxy) is 2. The molecule has 0 aliphatic heterocycles. The fraction of sp³-hybridized carbons (Fsp3) is 0.600. The van der Waals surface area contributed by atoms with Crippen LogP contribution >= 0.6 is 0 Å². The van der Waals surface area contributed by atoms with Crippen LogP contribution in [0.1, 0.15) is 25.8 Å². The third-order valence-corrected chi connectivity index (χ3v) is 3.75. The van der Waals surface area contributed by atoms with Crippen molar-refractivity contribution < 1.29 is 14.3 Å². The SMILES string of the molecule is CCOCCCNC(=NCC(=O)N(C)C)NCCc1cccc(OCC)c1. The summed E-state index contributed by atoms with van der Waals surface area (Å²) in [5, 5.41) is 6.55. The lowest BCUT2D eigenvalue weighted by Gasteiger charge is -2.14. The van der Waals surface area contributed by atoms with Crippen molar-refractivity contribution in [1.82, 2.24) is 15.5 Å². The maximum absolute atomic E-state index is 11.8. The molecule has 0 heterocycles. The largest absolute Gasteiger partial charge is 0.494 e. The fourth-order valence-corrected chi connectivity index (χ4v) is 2.27. The van der Waals surface area contributed by atoms with Gasteiger partial charge in [-0.15, -0.1) is 0 Å². The smallest absolute Gasteiger partial charge is 0.243 e. The second kappa shape index (κ2) is 13.9. The van der Waals surface area contributed by atoms with E-state index in [2.05, 4.69) is 21.7 Å². The average Bonchev–Trinajstić information content (AvgIpc) is 2.65. The summed E-state index contributed by atoms with van der Waals surface area (Å²) in [7, 11) is 3.46. The molecule has 0 aromatic heterocycles. The van der Waals surface area contributed by atoms with Crippen molar-refractivity contribution in [2.45, 2.75) is 26.7 Å². The molecule has 0 unspecified atom stereocenters. The van der Waals surface area contributed by atoms with Crippen LogP contribution < -0.4 is 15.4 Å². The molecule has 0 saturated heterocycles. The molecule has 1 aromatic rings. The Labute approximate surface area is 163 Å². The van der Waals surface area contributed by atoms with Crippen molar-refractivity contribution in [1.29, 1.82) is 0 Å². The number of guanidine groups is 1. The van der Waals surface area contributed by atoms with Gasteiger partial charge in [0.05, 0.1) is 6.61 Å². The molecule has 0 aliphatic carbocycles. The summed E-state index contributed by atoms with van der Waals surface area (Å²) in [6, 6.07) is 8.08. The van der Waals surface area contributed by atoms with Crippen LogP contribution in [0.2, 0.25) is 0 Å². The molecule has 2 N–H and O–H groups in total. The zero-order valence-corrected chi connectivity index (χ0v) is 17.1.